The molecule has 1 amide bonds. The van der Waals surface area contributed by atoms with Gasteiger partial charge in [-0.1, -0.05) is 6.92 Å². The molecule has 0 aliphatic rings. The molecular formula is C12H24N2O6S. The van der Waals surface area contributed by atoms with Gasteiger partial charge in [-0.3, -0.25) is 4.79 Å². The number of rotatable bonds is 10. The molecule has 0 heterocycles. The Balaban J connectivity index is 4.32. The lowest BCUT2D eigenvalue weighted by molar-refractivity contribution is -0.146. The van der Waals surface area contributed by atoms with Crippen molar-refractivity contribution in [3.63, 3.8) is 0 Å². The molecule has 3 N–H and O–H groups in total. The smallest absolute Gasteiger partial charge is 0.329 e. The maximum absolute atomic E-state index is 11.6. The quantitative estimate of drug-likeness (QED) is 0.507. The Labute approximate surface area is 125 Å². The van der Waals surface area contributed by atoms with Gasteiger partial charge >= 0.3 is 5.97 Å². The maximum Gasteiger partial charge on any atom is 0.329 e. The van der Waals surface area contributed by atoms with Gasteiger partial charge in [-0.2, -0.15) is 0 Å². The second kappa shape index (κ2) is 8.30. The molecule has 8 nitrogen and oxygen atoms in total. The van der Waals surface area contributed by atoms with Crippen LogP contribution >= 0.6 is 0 Å². The van der Waals surface area contributed by atoms with Crippen molar-refractivity contribution in [2.24, 2.45) is 0 Å². The molecule has 0 aromatic rings. The summed E-state index contributed by atoms with van der Waals surface area (Å²) in [6, 6.07) is 0. The molecule has 0 aliphatic heterocycles. The third kappa shape index (κ3) is 7.98. The number of carboxylic acids is 1. The number of hydrogen-bond donors (Lipinski definition) is 3. The first kappa shape index (κ1) is 19.8. The summed E-state index contributed by atoms with van der Waals surface area (Å²) in [5.74, 6) is -2.13. The first-order chi connectivity index (χ1) is 9.52. The lowest BCUT2D eigenvalue weighted by Crippen LogP contribution is -2.54. The van der Waals surface area contributed by atoms with E-state index in [1.54, 1.807) is 20.8 Å². The third-order valence-corrected chi connectivity index (χ3v) is 4.14. The molecule has 0 fully saturated rings. The van der Waals surface area contributed by atoms with Gasteiger partial charge < -0.3 is 15.2 Å². The van der Waals surface area contributed by atoms with Crippen LogP contribution in [0, 0.1) is 0 Å². The van der Waals surface area contributed by atoms with Crippen LogP contribution in [-0.4, -0.2) is 55.9 Å². The fraction of sp³-hybridized carbons (Fsp3) is 0.833. The predicted octanol–water partition coefficient (Wildman–Crippen LogP) is -0.300. The van der Waals surface area contributed by atoms with E-state index in [2.05, 4.69) is 10.0 Å². The van der Waals surface area contributed by atoms with Crippen molar-refractivity contribution in [2.45, 2.75) is 45.8 Å². The second-order valence-corrected chi connectivity index (χ2v) is 7.02. The minimum atomic E-state index is -3.64. The van der Waals surface area contributed by atoms with Gasteiger partial charge in [-0.25, -0.2) is 17.9 Å². The number of aliphatic carboxylic acids is 1. The molecule has 9 heteroatoms. The van der Waals surface area contributed by atoms with Crippen LogP contribution in [0.15, 0.2) is 0 Å². The van der Waals surface area contributed by atoms with Crippen LogP contribution in [0.5, 0.6) is 0 Å². The van der Waals surface area contributed by atoms with Crippen molar-refractivity contribution in [1.29, 1.82) is 0 Å². The highest BCUT2D eigenvalue weighted by Crippen LogP contribution is 2.08. The number of nitrogens with one attached hydrogen (secondary N) is 2. The van der Waals surface area contributed by atoms with E-state index in [4.69, 9.17) is 9.84 Å². The van der Waals surface area contributed by atoms with Gasteiger partial charge in [0.15, 0.2) is 0 Å². The minimum Gasteiger partial charge on any atom is -0.480 e. The average Bonchev–Trinajstić information content (AvgIpc) is 2.35. The van der Waals surface area contributed by atoms with Gasteiger partial charge in [0, 0.05) is 0 Å². The zero-order valence-electron chi connectivity index (χ0n) is 12.8. The van der Waals surface area contributed by atoms with Crippen molar-refractivity contribution < 1.29 is 27.9 Å². The van der Waals surface area contributed by atoms with E-state index in [1.165, 1.54) is 6.92 Å². The molecule has 0 aromatic carbocycles. The summed E-state index contributed by atoms with van der Waals surface area (Å²) in [6.45, 7) is 6.05. The molecule has 0 aliphatic carbocycles. The fourth-order valence-electron chi connectivity index (χ4n) is 1.29. The fourth-order valence-corrected chi connectivity index (χ4v) is 2.10. The summed E-state index contributed by atoms with van der Waals surface area (Å²) in [5.41, 5.74) is -1.41. The van der Waals surface area contributed by atoms with Crippen LogP contribution in [0.4, 0.5) is 0 Å². The van der Waals surface area contributed by atoms with Crippen LogP contribution < -0.4 is 10.0 Å². The van der Waals surface area contributed by atoms with Crippen LogP contribution in [0.2, 0.25) is 0 Å². The Morgan fingerprint density at radius 1 is 1.33 bits per heavy atom. The van der Waals surface area contributed by atoms with Crippen molar-refractivity contribution in [3.8, 4) is 0 Å². The molecule has 0 rings (SSSR count). The van der Waals surface area contributed by atoms with Crippen molar-refractivity contribution in [3.05, 3.63) is 0 Å². The van der Waals surface area contributed by atoms with Crippen LogP contribution in [0.25, 0.3) is 0 Å². The summed E-state index contributed by atoms with van der Waals surface area (Å²) in [7, 11) is -3.64. The van der Waals surface area contributed by atoms with E-state index in [0.717, 1.165) is 0 Å². The molecular weight excluding hydrogens is 300 g/mol. The number of carbonyl (C=O) groups excluding carboxylic acids is 1. The molecule has 0 radical (unpaired) electrons. The Hall–Kier alpha value is -1.19. The van der Waals surface area contributed by atoms with Gasteiger partial charge in [0.2, 0.25) is 15.9 Å². The lowest BCUT2D eigenvalue weighted by atomic mass is 9.99. The molecule has 0 bridgehead atoms. The normalized spacial score (nSPS) is 14.7. The number of carbonyl (C=O) groups is 2. The van der Waals surface area contributed by atoms with Gasteiger partial charge in [-0.05, 0) is 27.2 Å². The van der Waals surface area contributed by atoms with Crippen LogP contribution in [0.3, 0.4) is 0 Å². The molecule has 0 aromatic heterocycles. The highest BCUT2D eigenvalue weighted by Gasteiger charge is 2.32. The van der Waals surface area contributed by atoms with Crippen LogP contribution in [0.1, 0.15) is 34.1 Å². The third-order valence-electron chi connectivity index (χ3n) is 2.85. The molecule has 0 spiro atoms. The summed E-state index contributed by atoms with van der Waals surface area (Å²) < 4.78 is 30.4. The Morgan fingerprint density at radius 3 is 2.33 bits per heavy atom. The predicted molar refractivity (Wildman–Crippen MR) is 77.4 cm³/mol. The standard InChI is InChI=1S/C12H24N2O6S/c1-5-12(4,11(16)17)14-10(15)8-13-21(18,19)7-6-20-9(2)3/h9,13H,5-8H2,1-4H3,(H,14,15)(H,16,17). The number of amides is 1. The van der Waals surface area contributed by atoms with Gasteiger partial charge in [0.25, 0.3) is 0 Å². The molecule has 124 valence electrons. The van der Waals surface area contributed by atoms with E-state index < -0.39 is 34.0 Å². The Bertz CT molecular complexity index is 462. The number of sulfonamides is 1. The minimum absolute atomic E-state index is 0.0242. The van der Waals surface area contributed by atoms with E-state index in [9.17, 15) is 18.0 Å². The average molecular weight is 324 g/mol. The largest absolute Gasteiger partial charge is 0.480 e. The van der Waals surface area contributed by atoms with Crippen molar-refractivity contribution >= 4 is 21.9 Å². The lowest BCUT2D eigenvalue weighted by Gasteiger charge is -2.24. The summed E-state index contributed by atoms with van der Waals surface area (Å²) in [6.07, 6.45) is 0.104. The maximum atomic E-state index is 11.6. The van der Waals surface area contributed by atoms with Crippen molar-refractivity contribution in [1.82, 2.24) is 10.0 Å². The summed E-state index contributed by atoms with van der Waals surface area (Å²) in [4.78, 5) is 22.6. The van der Waals surface area contributed by atoms with Gasteiger partial charge in [0.05, 0.1) is 25.0 Å². The monoisotopic (exact) mass is 324 g/mol. The SMILES string of the molecule is CCC(C)(NC(=O)CNS(=O)(=O)CCOC(C)C)C(=O)O. The Morgan fingerprint density at radius 2 is 1.90 bits per heavy atom. The molecule has 21 heavy (non-hydrogen) atoms. The molecule has 1 unspecified atom stereocenters. The number of carboxylic acid groups (broad SMARTS) is 1. The first-order valence-corrected chi connectivity index (χ1v) is 8.31. The zero-order valence-corrected chi connectivity index (χ0v) is 13.6. The zero-order chi connectivity index (χ0) is 16.7. The van der Waals surface area contributed by atoms with E-state index >= 15 is 0 Å². The van der Waals surface area contributed by atoms with Gasteiger partial charge in [0.1, 0.15) is 5.54 Å². The molecule has 0 saturated carbocycles. The summed E-state index contributed by atoms with van der Waals surface area (Å²) >= 11 is 0. The second-order valence-electron chi connectivity index (χ2n) is 5.10. The molecule has 1 atom stereocenters. The topological polar surface area (TPSA) is 122 Å². The first-order valence-electron chi connectivity index (χ1n) is 6.65. The van der Waals surface area contributed by atoms with Crippen molar-refractivity contribution in [2.75, 3.05) is 18.9 Å². The van der Waals surface area contributed by atoms with E-state index in [-0.39, 0.29) is 24.9 Å². The highest BCUT2D eigenvalue weighted by atomic mass is 32.2. The highest BCUT2D eigenvalue weighted by molar-refractivity contribution is 7.89. The molecule has 0 saturated heterocycles. The van der Waals surface area contributed by atoms with Crippen LogP contribution in [-0.2, 0) is 24.3 Å². The summed E-state index contributed by atoms with van der Waals surface area (Å²) in [5, 5.41) is 11.3. The number of ether oxygens (including phenoxy) is 1. The Kier molecular flexibility index (Phi) is 7.83. The number of hydrogen-bond acceptors (Lipinski definition) is 5. The van der Waals surface area contributed by atoms with E-state index in [0.29, 0.717) is 0 Å². The van der Waals surface area contributed by atoms with Gasteiger partial charge in [-0.15, -0.1) is 0 Å². The van der Waals surface area contributed by atoms with E-state index in [1.807, 2.05) is 0 Å².